The van der Waals surface area contributed by atoms with Gasteiger partial charge >= 0.3 is 0 Å². The van der Waals surface area contributed by atoms with Crippen molar-refractivity contribution in [2.45, 2.75) is 34.1 Å². The lowest BCUT2D eigenvalue weighted by Crippen LogP contribution is -2.03. The molecular weight excluding hydrogens is 450 g/mol. The Labute approximate surface area is 213 Å². The highest BCUT2D eigenvalue weighted by Gasteiger charge is 2.19. The normalized spacial score (nSPS) is 12.5. The van der Waals surface area contributed by atoms with Crippen molar-refractivity contribution in [2.75, 3.05) is 0 Å². The SMILES string of the molecule is CC/C(=C(\C(=C\c1ccccc1C)C(C)C)c1ccc(/C=C/C=O)cc1)c1ccc(C#N)cc1Cl. The highest BCUT2D eigenvalue weighted by molar-refractivity contribution is 6.33. The highest BCUT2D eigenvalue weighted by Crippen LogP contribution is 2.41. The van der Waals surface area contributed by atoms with Gasteiger partial charge in [0.05, 0.1) is 11.6 Å². The number of carbonyl (C=O) groups is 1. The molecule has 3 aromatic rings. The Morgan fingerprint density at radius 1 is 1.06 bits per heavy atom. The maximum absolute atomic E-state index is 10.7. The van der Waals surface area contributed by atoms with Crippen molar-refractivity contribution in [3.63, 3.8) is 0 Å². The predicted octanol–water partition coefficient (Wildman–Crippen LogP) is 8.79. The summed E-state index contributed by atoms with van der Waals surface area (Å²) in [5, 5.41) is 9.89. The van der Waals surface area contributed by atoms with Crippen molar-refractivity contribution in [3.8, 4) is 6.07 Å². The van der Waals surface area contributed by atoms with Crippen LogP contribution in [0.5, 0.6) is 0 Å². The van der Waals surface area contributed by atoms with Gasteiger partial charge in [-0.05, 0) is 82.0 Å². The van der Waals surface area contributed by atoms with Crippen molar-refractivity contribution in [2.24, 2.45) is 5.92 Å². The van der Waals surface area contributed by atoms with Crippen LogP contribution in [0.15, 0.2) is 78.4 Å². The number of allylic oxidation sites excluding steroid dienone is 4. The van der Waals surface area contributed by atoms with Crippen molar-refractivity contribution < 1.29 is 4.79 Å². The predicted molar refractivity (Wildman–Crippen MR) is 149 cm³/mol. The van der Waals surface area contributed by atoms with Crippen molar-refractivity contribution in [3.05, 3.63) is 117 Å². The number of rotatable bonds is 8. The van der Waals surface area contributed by atoms with Gasteiger partial charge in [-0.3, -0.25) is 4.79 Å². The fraction of sp³-hybridized carbons (Fsp3) is 0.188. The fourth-order valence-electron chi connectivity index (χ4n) is 4.20. The molecule has 0 aromatic heterocycles. The summed E-state index contributed by atoms with van der Waals surface area (Å²) in [6.45, 7) is 8.67. The molecule has 0 unspecified atom stereocenters. The molecule has 0 aliphatic heterocycles. The third kappa shape index (κ3) is 6.27. The van der Waals surface area contributed by atoms with Gasteiger partial charge in [0, 0.05) is 5.02 Å². The van der Waals surface area contributed by atoms with E-state index in [4.69, 9.17) is 11.6 Å². The summed E-state index contributed by atoms with van der Waals surface area (Å²) in [6.07, 6.45) is 7.12. The van der Waals surface area contributed by atoms with Crippen LogP contribution >= 0.6 is 11.6 Å². The number of halogens is 1. The maximum Gasteiger partial charge on any atom is 0.142 e. The van der Waals surface area contributed by atoms with E-state index in [2.05, 4.69) is 76.2 Å². The van der Waals surface area contributed by atoms with E-state index >= 15 is 0 Å². The van der Waals surface area contributed by atoms with Crippen LogP contribution in [-0.4, -0.2) is 6.29 Å². The summed E-state index contributed by atoms with van der Waals surface area (Å²) < 4.78 is 0. The van der Waals surface area contributed by atoms with Crippen LogP contribution in [-0.2, 0) is 4.79 Å². The molecule has 3 rings (SSSR count). The minimum Gasteiger partial charge on any atom is -0.299 e. The standard InChI is InChI=1S/C32H30ClNO/c1-5-28(29-17-14-25(21-34)19-31(29)33)32(26-15-12-24(13-16-26)10-8-18-35)30(22(2)3)20-27-11-7-6-9-23(27)4/h6-20,22H,5H2,1-4H3/b10-8+,30-20+,32-28+. The molecule has 0 bridgehead atoms. The Morgan fingerprint density at radius 2 is 1.77 bits per heavy atom. The van der Waals surface area contributed by atoms with E-state index in [1.807, 2.05) is 24.3 Å². The van der Waals surface area contributed by atoms with E-state index in [-0.39, 0.29) is 5.92 Å². The average Bonchev–Trinajstić information content (AvgIpc) is 2.86. The number of nitrogens with zero attached hydrogens (tertiary/aromatic N) is 1. The van der Waals surface area contributed by atoms with Crippen LogP contribution in [0, 0.1) is 24.2 Å². The zero-order valence-corrected chi connectivity index (χ0v) is 21.4. The quantitative estimate of drug-likeness (QED) is 0.140. The van der Waals surface area contributed by atoms with E-state index in [1.165, 1.54) is 22.8 Å². The number of hydrogen-bond acceptors (Lipinski definition) is 2. The van der Waals surface area contributed by atoms with Crippen molar-refractivity contribution in [1.29, 1.82) is 5.26 Å². The third-order valence-corrected chi connectivity index (χ3v) is 6.37. The minimum atomic E-state index is 0.248. The second-order valence-electron chi connectivity index (χ2n) is 8.74. The summed E-state index contributed by atoms with van der Waals surface area (Å²) in [4.78, 5) is 10.7. The maximum atomic E-state index is 10.7. The molecule has 0 atom stereocenters. The zero-order valence-electron chi connectivity index (χ0n) is 20.7. The van der Waals surface area contributed by atoms with Gasteiger partial charge in [-0.15, -0.1) is 0 Å². The summed E-state index contributed by atoms with van der Waals surface area (Å²) in [5.74, 6) is 0.248. The first-order chi connectivity index (χ1) is 16.9. The first-order valence-corrected chi connectivity index (χ1v) is 12.2. The minimum absolute atomic E-state index is 0.248. The lowest BCUT2D eigenvalue weighted by molar-refractivity contribution is -0.104. The highest BCUT2D eigenvalue weighted by atomic mass is 35.5. The number of nitriles is 1. The zero-order chi connectivity index (χ0) is 25.4. The van der Waals surface area contributed by atoms with Gasteiger partial charge in [-0.1, -0.05) is 99.1 Å². The van der Waals surface area contributed by atoms with Crippen LogP contribution in [0.25, 0.3) is 23.3 Å². The summed E-state index contributed by atoms with van der Waals surface area (Å²) in [6, 6.07) is 24.3. The Morgan fingerprint density at radius 3 is 2.34 bits per heavy atom. The van der Waals surface area contributed by atoms with Gasteiger partial charge in [0.25, 0.3) is 0 Å². The molecular formula is C32H30ClNO. The Hall–Kier alpha value is -3.67. The molecule has 35 heavy (non-hydrogen) atoms. The first-order valence-electron chi connectivity index (χ1n) is 11.8. The molecule has 0 fully saturated rings. The van der Waals surface area contributed by atoms with Gasteiger partial charge in [0.2, 0.25) is 0 Å². The lowest BCUT2D eigenvalue weighted by Gasteiger charge is -2.23. The largest absolute Gasteiger partial charge is 0.299 e. The smallest absolute Gasteiger partial charge is 0.142 e. The molecule has 0 aliphatic carbocycles. The molecule has 3 aromatic carbocycles. The van der Waals surface area contributed by atoms with Crippen molar-refractivity contribution in [1.82, 2.24) is 0 Å². The molecule has 3 heteroatoms. The monoisotopic (exact) mass is 479 g/mol. The summed E-state index contributed by atoms with van der Waals surface area (Å²) in [5.41, 5.74) is 9.41. The van der Waals surface area contributed by atoms with Crippen LogP contribution in [0.4, 0.5) is 0 Å². The lowest BCUT2D eigenvalue weighted by atomic mass is 9.82. The first kappa shape index (κ1) is 25.9. The van der Waals surface area contributed by atoms with Crippen LogP contribution in [0.3, 0.4) is 0 Å². The molecule has 0 spiro atoms. The van der Waals surface area contributed by atoms with E-state index < -0.39 is 0 Å². The second-order valence-corrected chi connectivity index (χ2v) is 9.15. The van der Waals surface area contributed by atoms with E-state index in [1.54, 1.807) is 12.1 Å². The van der Waals surface area contributed by atoms with Crippen molar-refractivity contribution >= 4 is 41.2 Å². The average molecular weight is 480 g/mol. The van der Waals surface area contributed by atoms with E-state index in [0.717, 1.165) is 40.5 Å². The van der Waals surface area contributed by atoms with Gasteiger partial charge in [0.1, 0.15) is 6.29 Å². The van der Waals surface area contributed by atoms with Crippen LogP contribution < -0.4 is 0 Å². The molecule has 0 N–H and O–H groups in total. The second kappa shape index (κ2) is 12.2. The molecule has 0 heterocycles. The van der Waals surface area contributed by atoms with E-state index in [9.17, 15) is 10.1 Å². The molecule has 2 nitrogen and oxygen atoms in total. The summed E-state index contributed by atoms with van der Waals surface area (Å²) >= 11 is 6.72. The fourth-order valence-corrected chi connectivity index (χ4v) is 4.50. The number of aryl methyl sites for hydroxylation is 1. The third-order valence-electron chi connectivity index (χ3n) is 6.06. The van der Waals surface area contributed by atoms with Gasteiger partial charge in [-0.2, -0.15) is 5.26 Å². The molecule has 0 aliphatic rings. The molecule has 176 valence electrons. The van der Waals surface area contributed by atoms with Gasteiger partial charge in [-0.25, -0.2) is 0 Å². The van der Waals surface area contributed by atoms with Gasteiger partial charge < -0.3 is 0 Å². The Balaban J connectivity index is 2.35. The number of benzene rings is 3. The van der Waals surface area contributed by atoms with Crippen LogP contribution in [0.1, 0.15) is 60.6 Å². The van der Waals surface area contributed by atoms with E-state index in [0.29, 0.717) is 10.6 Å². The molecule has 0 amide bonds. The molecule has 0 saturated heterocycles. The van der Waals surface area contributed by atoms with Crippen LogP contribution in [0.2, 0.25) is 5.02 Å². The number of carbonyl (C=O) groups excluding carboxylic acids is 1. The Kier molecular flexibility index (Phi) is 9.01. The Bertz CT molecular complexity index is 1330. The summed E-state index contributed by atoms with van der Waals surface area (Å²) in [7, 11) is 0. The number of aldehydes is 1. The number of hydrogen-bond donors (Lipinski definition) is 0. The molecule has 0 radical (unpaired) electrons. The van der Waals surface area contributed by atoms with Gasteiger partial charge in [0.15, 0.2) is 0 Å². The molecule has 0 saturated carbocycles. The topological polar surface area (TPSA) is 40.9 Å².